The molecule has 3 aromatic rings. The van der Waals surface area contributed by atoms with Gasteiger partial charge < -0.3 is 10.7 Å². The average Bonchev–Trinajstić information content (AvgIpc) is 3.30. The summed E-state index contributed by atoms with van der Waals surface area (Å²) in [4.78, 5) is 16.4. The van der Waals surface area contributed by atoms with Crippen LogP contribution in [-0.4, -0.2) is 31.0 Å². The smallest absolute Gasteiger partial charge is 0.250 e. The fourth-order valence-electron chi connectivity index (χ4n) is 4.38. The first-order chi connectivity index (χ1) is 13.3. The summed E-state index contributed by atoms with van der Waals surface area (Å²) in [5.41, 5.74) is 9.05. The van der Waals surface area contributed by atoms with Crippen molar-refractivity contribution in [1.29, 1.82) is 0 Å². The topological polar surface area (TPSA) is 99.3 Å². The van der Waals surface area contributed by atoms with E-state index in [1.165, 1.54) is 0 Å². The number of nitrogens with one attached hydrogen (secondary N) is 1. The summed E-state index contributed by atoms with van der Waals surface area (Å²) in [7, 11) is -2.55. The van der Waals surface area contributed by atoms with E-state index in [0.29, 0.717) is 11.3 Å². The van der Waals surface area contributed by atoms with E-state index < -0.39 is 16.5 Å². The first-order valence-electron chi connectivity index (χ1n) is 9.51. The van der Waals surface area contributed by atoms with Crippen molar-refractivity contribution >= 4 is 38.7 Å². The highest BCUT2D eigenvalue weighted by molar-refractivity contribution is 8.24. The number of benzene rings is 1. The molecule has 28 heavy (non-hydrogen) atoms. The maximum absolute atomic E-state index is 12.1. The highest BCUT2D eigenvalue weighted by Crippen LogP contribution is 2.56. The van der Waals surface area contributed by atoms with Crippen molar-refractivity contribution in [1.82, 2.24) is 4.98 Å². The van der Waals surface area contributed by atoms with Crippen molar-refractivity contribution in [2.24, 2.45) is 11.7 Å². The second kappa shape index (κ2) is 7.22. The predicted molar refractivity (Wildman–Crippen MR) is 118 cm³/mol. The largest absolute Gasteiger partial charge is 0.366 e. The third-order valence-corrected chi connectivity index (χ3v) is 9.31. The van der Waals surface area contributed by atoms with Crippen molar-refractivity contribution in [3.05, 3.63) is 47.0 Å². The minimum atomic E-state index is -2.55. The zero-order chi connectivity index (χ0) is 20.1. The van der Waals surface area contributed by atoms with Crippen LogP contribution < -0.4 is 5.73 Å². The molecule has 0 aliphatic carbocycles. The highest BCUT2D eigenvalue weighted by Gasteiger charge is 2.37. The van der Waals surface area contributed by atoms with Gasteiger partial charge in [0.2, 0.25) is 0 Å². The van der Waals surface area contributed by atoms with Gasteiger partial charge in [-0.05, 0) is 59.4 Å². The Morgan fingerprint density at radius 3 is 2.79 bits per heavy atom. The number of aromatic nitrogens is 1. The molecular formula is C21H26N2O3S2. The Kier molecular flexibility index (Phi) is 5.03. The number of thiophene rings is 1. The van der Waals surface area contributed by atoms with Crippen LogP contribution in [0.4, 0.5) is 0 Å². The number of fused-ring (bicyclic) bond motifs is 1. The number of nitrogens with two attached hydrogens (primary N) is 1. The van der Waals surface area contributed by atoms with Crippen molar-refractivity contribution in [3.8, 4) is 10.4 Å². The van der Waals surface area contributed by atoms with Crippen LogP contribution in [0.3, 0.4) is 0 Å². The molecule has 0 radical (unpaired) electrons. The molecule has 1 fully saturated rings. The highest BCUT2D eigenvalue weighted by atomic mass is 32.3. The van der Waals surface area contributed by atoms with Gasteiger partial charge in [-0.3, -0.25) is 13.9 Å². The van der Waals surface area contributed by atoms with Gasteiger partial charge in [-0.25, -0.2) is 0 Å². The molecule has 1 aliphatic rings. The third kappa shape index (κ3) is 3.37. The van der Waals surface area contributed by atoms with E-state index in [4.69, 9.17) is 5.73 Å². The fourth-order valence-corrected chi connectivity index (χ4v) is 7.44. The Morgan fingerprint density at radius 1 is 1.36 bits per heavy atom. The number of H-pyrrole nitrogens is 1. The van der Waals surface area contributed by atoms with Crippen LogP contribution in [0.5, 0.6) is 0 Å². The molecule has 2 aromatic heterocycles. The Bertz CT molecular complexity index is 1010. The molecule has 1 aromatic carbocycles. The second-order valence-corrected chi connectivity index (χ2v) is 11.4. The SMILES string of the molecule is CC(C)[C@H]1C[C@H](c2c[nH]c3c(C(N)=O)cc(-c4cccs4)cc23)CCS1(O)O. The standard InChI is InChI=1S/C21H26N2O3S2/c1-12(2)19-10-13(5-7-28(19,25)26)17-11-23-20-15(17)8-14(9-16(20)21(22)24)18-4-3-6-27-18/h3-4,6,8-9,11-13,19,23,25-26H,5,7,10H2,1-2H3,(H2,22,24)/t13-,19-/m1/s1. The molecule has 1 amide bonds. The molecule has 0 saturated carbocycles. The molecule has 1 saturated heterocycles. The van der Waals surface area contributed by atoms with Gasteiger partial charge in [-0.1, -0.05) is 19.9 Å². The Morgan fingerprint density at radius 2 is 2.14 bits per heavy atom. The normalized spacial score (nSPS) is 23.2. The maximum Gasteiger partial charge on any atom is 0.250 e. The van der Waals surface area contributed by atoms with E-state index in [1.54, 1.807) is 11.3 Å². The summed E-state index contributed by atoms with van der Waals surface area (Å²) in [5, 5.41) is 2.92. The zero-order valence-electron chi connectivity index (χ0n) is 16.0. The number of carbonyl (C=O) groups is 1. The quantitative estimate of drug-likeness (QED) is 0.440. The number of hydrogen-bond donors (Lipinski definition) is 4. The second-order valence-electron chi connectivity index (χ2n) is 7.96. The van der Waals surface area contributed by atoms with Crippen LogP contribution in [0.1, 0.15) is 48.5 Å². The molecule has 5 nitrogen and oxygen atoms in total. The van der Waals surface area contributed by atoms with Crippen LogP contribution >= 0.6 is 21.9 Å². The Balaban J connectivity index is 1.81. The molecule has 5 N–H and O–H groups in total. The Labute approximate surface area is 170 Å². The first-order valence-corrected chi connectivity index (χ1v) is 12.2. The first kappa shape index (κ1) is 19.5. The monoisotopic (exact) mass is 418 g/mol. The van der Waals surface area contributed by atoms with E-state index in [9.17, 15) is 13.9 Å². The van der Waals surface area contributed by atoms with E-state index in [0.717, 1.165) is 39.7 Å². The van der Waals surface area contributed by atoms with Crippen LogP contribution in [0.25, 0.3) is 21.3 Å². The number of carbonyl (C=O) groups excluding carboxylic acids is 1. The molecule has 4 rings (SSSR count). The summed E-state index contributed by atoms with van der Waals surface area (Å²) in [6, 6.07) is 8.00. The molecule has 7 heteroatoms. The lowest BCUT2D eigenvalue weighted by atomic mass is 9.87. The van der Waals surface area contributed by atoms with Crippen molar-refractivity contribution < 1.29 is 13.9 Å². The number of primary amides is 1. The van der Waals surface area contributed by atoms with Crippen LogP contribution in [-0.2, 0) is 0 Å². The number of aromatic amines is 1. The number of rotatable bonds is 4. The average molecular weight is 419 g/mol. The lowest BCUT2D eigenvalue weighted by Crippen LogP contribution is -2.32. The number of amides is 1. The van der Waals surface area contributed by atoms with Gasteiger partial charge in [0.1, 0.15) is 0 Å². The van der Waals surface area contributed by atoms with E-state index >= 15 is 0 Å². The molecule has 0 unspecified atom stereocenters. The van der Waals surface area contributed by atoms with Gasteiger partial charge in [0, 0.05) is 22.2 Å². The van der Waals surface area contributed by atoms with Crippen molar-refractivity contribution in [2.75, 3.05) is 5.75 Å². The predicted octanol–water partition coefficient (Wildman–Crippen LogP) is 5.65. The minimum Gasteiger partial charge on any atom is -0.366 e. The molecule has 1 aliphatic heterocycles. The van der Waals surface area contributed by atoms with Crippen LogP contribution in [0.2, 0.25) is 0 Å². The fraction of sp³-hybridized carbons (Fsp3) is 0.381. The third-order valence-electron chi connectivity index (χ3n) is 5.84. The van der Waals surface area contributed by atoms with Crippen LogP contribution in [0, 0.1) is 5.92 Å². The summed E-state index contributed by atoms with van der Waals surface area (Å²) in [6.45, 7) is 4.10. The molecule has 3 heterocycles. The molecule has 150 valence electrons. The maximum atomic E-state index is 12.1. The van der Waals surface area contributed by atoms with E-state index in [2.05, 4.69) is 24.9 Å². The lowest BCUT2D eigenvalue weighted by molar-refractivity contribution is 0.100. The molecule has 0 bridgehead atoms. The lowest BCUT2D eigenvalue weighted by Gasteiger charge is -2.48. The summed E-state index contributed by atoms with van der Waals surface area (Å²) in [5.74, 6) is 0.413. The molecule has 2 atom stereocenters. The van der Waals surface area contributed by atoms with Crippen molar-refractivity contribution in [3.63, 3.8) is 0 Å². The van der Waals surface area contributed by atoms with Gasteiger partial charge in [0.25, 0.3) is 5.91 Å². The summed E-state index contributed by atoms with van der Waals surface area (Å²) in [6.07, 6.45) is 3.43. The van der Waals surface area contributed by atoms with Gasteiger partial charge >= 0.3 is 0 Å². The van der Waals surface area contributed by atoms with E-state index in [1.807, 2.05) is 29.8 Å². The molecular weight excluding hydrogens is 392 g/mol. The Hall–Kier alpha value is -1.80. The minimum absolute atomic E-state index is 0.104. The van der Waals surface area contributed by atoms with E-state index in [-0.39, 0.29) is 17.1 Å². The zero-order valence-corrected chi connectivity index (χ0v) is 17.6. The van der Waals surface area contributed by atoms with Gasteiger partial charge in [-0.15, -0.1) is 11.3 Å². The van der Waals surface area contributed by atoms with Gasteiger partial charge in [-0.2, -0.15) is 10.6 Å². The summed E-state index contributed by atoms with van der Waals surface area (Å²) < 4.78 is 21.0. The van der Waals surface area contributed by atoms with Crippen LogP contribution in [0.15, 0.2) is 35.8 Å². The summed E-state index contributed by atoms with van der Waals surface area (Å²) >= 11 is 1.63. The molecule has 0 spiro atoms. The van der Waals surface area contributed by atoms with Gasteiger partial charge in [0.15, 0.2) is 0 Å². The number of hydrogen-bond acceptors (Lipinski definition) is 4. The van der Waals surface area contributed by atoms with Gasteiger partial charge in [0.05, 0.1) is 16.3 Å². The van der Waals surface area contributed by atoms with Crippen molar-refractivity contribution in [2.45, 2.75) is 37.9 Å².